The monoisotopic (exact) mass is 1590 g/mol. The molecule has 0 aromatic heterocycles. The minimum absolute atomic E-state index is 0.0216. The quantitative estimate of drug-likeness (QED) is 0.0377. The molecule has 1 N–H and O–H groups in total. The minimum Gasteiger partial charge on any atom is -0.385 e. The highest BCUT2D eigenvalue weighted by Gasteiger charge is 2.58. The lowest BCUT2D eigenvalue weighted by Crippen LogP contribution is -2.49. The molecule has 5 saturated heterocycles. The van der Waals surface area contributed by atoms with Crippen LogP contribution < -0.4 is 0 Å². The van der Waals surface area contributed by atoms with Crippen LogP contribution in [0.4, 0.5) is 0 Å². The molecule has 15 rings (SSSR count). The molecule has 0 saturated carbocycles. The van der Waals surface area contributed by atoms with Gasteiger partial charge in [-0.1, -0.05) is 303 Å². The first-order valence-electron chi connectivity index (χ1n) is 40.3. The number of benzene rings is 10. The number of hydrogen-bond donors (Lipinski definition) is 1. The molecule has 614 valence electrons. The third kappa shape index (κ3) is 23.7. The zero-order valence-corrected chi connectivity index (χ0v) is 65.6. The van der Waals surface area contributed by atoms with Gasteiger partial charge in [-0.15, -0.1) is 0 Å². The van der Waals surface area contributed by atoms with Gasteiger partial charge in [-0.3, -0.25) is 0 Å². The second-order valence-corrected chi connectivity index (χ2v) is 29.6. The molecule has 0 radical (unpaired) electrons. The Morgan fingerprint density at radius 3 is 0.752 bits per heavy atom. The first-order valence-corrected chi connectivity index (χ1v) is 40.3. The fourth-order valence-corrected chi connectivity index (χ4v) is 15.1. The maximum atomic E-state index is 12.6. The topological polar surface area (TPSA) is 205 Å². The Bertz CT molecular complexity index is 4390. The number of ether oxygens (including phenoxy) is 20. The summed E-state index contributed by atoms with van der Waals surface area (Å²) in [5.74, 6) is 0. The molecule has 10 aromatic rings. The molecule has 21 heteroatoms. The minimum atomic E-state index is -1.35. The normalized spacial score (nSPS) is 27.6. The third-order valence-electron chi connectivity index (χ3n) is 21.2. The Balaban J connectivity index is 0.793. The first kappa shape index (κ1) is 83.4. The molecule has 0 amide bonds. The summed E-state index contributed by atoms with van der Waals surface area (Å²) in [5, 5.41) is 12.6. The summed E-state index contributed by atoms with van der Waals surface area (Å²) in [4.78, 5) is 0. The average molecular weight is 1590 g/mol. The highest BCUT2D eigenvalue weighted by atomic mass is 16.8. The molecule has 0 spiro atoms. The highest BCUT2D eigenvalue weighted by molar-refractivity contribution is 5.22. The van der Waals surface area contributed by atoms with E-state index in [1.165, 1.54) is 0 Å². The number of aliphatic hydroxyl groups is 1. The fraction of sp³-hybridized carbons (Fsp3) is 0.375. The summed E-state index contributed by atoms with van der Waals surface area (Å²) in [5.41, 5.74) is 9.33. The molecule has 5 heterocycles. The zero-order chi connectivity index (χ0) is 79.4. The van der Waals surface area contributed by atoms with E-state index in [1.807, 2.05) is 303 Å². The lowest BCUT2D eigenvalue weighted by Gasteiger charge is -2.32. The van der Waals surface area contributed by atoms with Gasteiger partial charge in [0.25, 0.3) is 0 Å². The summed E-state index contributed by atoms with van der Waals surface area (Å²) >= 11 is 0. The smallest absolute Gasteiger partial charge is 0.187 e. The van der Waals surface area contributed by atoms with Crippen molar-refractivity contribution in [3.63, 3.8) is 0 Å². The molecule has 5 aliphatic heterocycles. The van der Waals surface area contributed by atoms with Gasteiger partial charge in [-0.05, 0) is 55.6 Å². The van der Waals surface area contributed by atoms with Crippen LogP contribution in [0.2, 0.25) is 0 Å². The van der Waals surface area contributed by atoms with E-state index in [9.17, 15) is 5.11 Å². The highest BCUT2D eigenvalue weighted by Crippen LogP contribution is 2.41. The molecule has 10 aromatic carbocycles. The Hall–Kier alpha value is -8.64. The second kappa shape index (κ2) is 43.9. The van der Waals surface area contributed by atoms with Gasteiger partial charge in [0.1, 0.15) is 91.6 Å². The molecule has 5 fully saturated rings. The Morgan fingerprint density at radius 1 is 0.205 bits per heavy atom. The molecule has 0 aliphatic carbocycles. The van der Waals surface area contributed by atoms with Crippen LogP contribution in [0.25, 0.3) is 0 Å². The lowest BCUT2D eigenvalue weighted by molar-refractivity contribution is -0.273. The molecule has 21 nitrogen and oxygen atoms in total. The van der Waals surface area contributed by atoms with E-state index in [2.05, 4.69) is 0 Å². The Labute approximate surface area is 684 Å². The summed E-state index contributed by atoms with van der Waals surface area (Å²) in [6, 6.07) is 99.0. The van der Waals surface area contributed by atoms with E-state index in [0.717, 1.165) is 55.6 Å². The van der Waals surface area contributed by atoms with Crippen LogP contribution in [0.1, 0.15) is 55.6 Å². The van der Waals surface area contributed by atoms with Gasteiger partial charge in [0.2, 0.25) is 0 Å². The van der Waals surface area contributed by atoms with Crippen molar-refractivity contribution in [1.29, 1.82) is 0 Å². The van der Waals surface area contributed by atoms with Crippen LogP contribution in [0.5, 0.6) is 0 Å². The van der Waals surface area contributed by atoms with E-state index in [1.54, 1.807) is 7.11 Å². The summed E-state index contributed by atoms with van der Waals surface area (Å²) in [6.45, 7) is 1.91. The zero-order valence-electron chi connectivity index (χ0n) is 65.6. The number of aliphatic hydroxyl groups excluding tert-OH is 1. The van der Waals surface area contributed by atoms with Crippen LogP contribution in [0.15, 0.2) is 303 Å². The predicted octanol–water partition coefficient (Wildman–Crippen LogP) is 14.2. The van der Waals surface area contributed by atoms with Gasteiger partial charge in [-0.2, -0.15) is 0 Å². The van der Waals surface area contributed by atoms with E-state index in [0.29, 0.717) is 13.2 Å². The summed E-state index contributed by atoms with van der Waals surface area (Å²) < 4.78 is 139. The SMILES string of the molecule is CO[C@H]1O[C@H](CO[C@H]2O[C@H](CO[C@H]3O[C@H](COCc4ccccc4)[C@@H](OCc4ccccc4)[C@@H]3O)[C@@H](O[C@H]3O[C@H](COCc4ccccc4)[C@@H](OCc4ccccc4)[C@@H]3O[C@@H]3O[C@H](COCc4ccccc4)[C@@H](OCc4ccccc4)[C@@H]3OCc3ccccc3)[C@@H]2OCc2ccccc2)[C@@H](OCc2ccccc2)[C@@H]1OCc1ccccc1. The van der Waals surface area contributed by atoms with Gasteiger partial charge in [0.15, 0.2) is 31.5 Å². The van der Waals surface area contributed by atoms with Crippen molar-refractivity contribution in [1.82, 2.24) is 0 Å². The van der Waals surface area contributed by atoms with Crippen molar-refractivity contribution in [3.05, 3.63) is 359 Å². The van der Waals surface area contributed by atoms with E-state index < -0.39 is 123 Å². The fourth-order valence-electron chi connectivity index (χ4n) is 15.1. The summed E-state index contributed by atoms with van der Waals surface area (Å²) in [7, 11) is 1.58. The molecule has 117 heavy (non-hydrogen) atoms. The predicted molar refractivity (Wildman–Crippen MR) is 431 cm³/mol. The molecular weight excluding hydrogens is 1490 g/mol. The van der Waals surface area contributed by atoms with Crippen LogP contribution in [-0.4, -0.2) is 168 Å². The lowest BCUT2D eigenvalue weighted by atomic mass is 10.1. The molecule has 0 bridgehead atoms. The third-order valence-corrected chi connectivity index (χ3v) is 21.2. The van der Waals surface area contributed by atoms with Crippen LogP contribution in [-0.2, 0) is 161 Å². The molecule has 5 aliphatic rings. The Morgan fingerprint density at radius 2 is 0.419 bits per heavy atom. The van der Waals surface area contributed by atoms with Gasteiger partial charge in [0, 0.05) is 7.11 Å². The van der Waals surface area contributed by atoms with Gasteiger partial charge in [-0.25, -0.2) is 0 Å². The van der Waals surface area contributed by atoms with Crippen molar-refractivity contribution in [2.45, 2.75) is 189 Å². The Kier molecular flexibility index (Phi) is 31.3. The van der Waals surface area contributed by atoms with Gasteiger partial charge < -0.3 is 99.8 Å². The number of hydrogen-bond acceptors (Lipinski definition) is 21. The maximum absolute atomic E-state index is 12.6. The van der Waals surface area contributed by atoms with Crippen molar-refractivity contribution >= 4 is 0 Å². The van der Waals surface area contributed by atoms with Crippen molar-refractivity contribution in [3.8, 4) is 0 Å². The van der Waals surface area contributed by atoms with Gasteiger partial charge >= 0.3 is 0 Å². The average Bonchev–Trinajstić information content (AvgIpc) is 1.62. The largest absolute Gasteiger partial charge is 0.385 e. The second-order valence-electron chi connectivity index (χ2n) is 29.6. The standard InChI is InChI=1S/C96H104O21/c1-98-93-88(106-59-74-46-26-9-27-47-74)85(104-57-72-42-22-7-23-43-72)80(112-93)65-110-94-90(108-61-76-50-30-11-31-51-76)87(81(113-94)66-109-92-82(97)83(102-55-70-38-18-5-19-39-70)77(111-92)62-99-52-67-32-12-2-13-33-67)116-96-91(86(105-58-73-44-24-8-25-45-73)79(115-96)64-101-54-69-36-16-4-17-37-69)117-95-89(107-60-75-48-28-10-29-49-75)84(103-56-71-40-20-6-21-41-71)78(114-95)63-100-53-68-34-14-3-15-35-68/h2-51,77-97H,52-66H2,1H3/t77-,78-,79-,80-,81-,82+,83-,84-,85-,86-,87-,88+,89+,90+,91+,92+,93+,94+,95+,96-/m1/s1. The van der Waals surface area contributed by atoms with Crippen molar-refractivity contribution in [2.75, 3.05) is 40.1 Å². The first-order chi connectivity index (χ1) is 57.9. The molecule has 0 unspecified atom stereocenters. The van der Waals surface area contributed by atoms with Crippen LogP contribution in [0.3, 0.4) is 0 Å². The summed E-state index contributed by atoms with van der Waals surface area (Å²) in [6.07, 6.45) is -19.9. The van der Waals surface area contributed by atoms with Crippen molar-refractivity contribution < 1.29 is 99.8 Å². The maximum Gasteiger partial charge on any atom is 0.187 e. The van der Waals surface area contributed by atoms with Crippen molar-refractivity contribution in [2.24, 2.45) is 0 Å². The van der Waals surface area contributed by atoms with Crippen LogP contribution in [0, 0.1) is 0 Å². The van der Waals surface area contributed by atoms with E-state index >= 15 is 0 Å². The molecule has 20 atom stereocenters. The van der Waals surface area contributed by atoms with Gasteiger partial charge in [0.05, 0.1) is 99.1 Å². The molecular formula is C96H104O21. The number of rotatable bonds is 44. The number of methoxy groups -OCH3 is 1. The van der Waals surface area contributed by atoms with E-state index in [-0.39, 0.29) is 85.9 Å². The van der Waals surface area contributed by atoms with Crippen LogP contribution >= 0.6 is 0 Å². The van der Waals surface area contributed by atoms with E-state index in [4.69, 9.17) is 94.7 Å².